The Morgan fingerprint density at radius 3 is 1.50 bits per heavy atom. The Kier molecular flexibility index (Phi) is 6.10. The fourth-order valence-electron chi connectivity index (χ4n) is 0. The molecule has 0 N–H and O–H groups in total. The number of hydrogen-bond acceptors (Lipinski definition) is 0. The standard InChI is InChI=1S/Ge2H4I2/c1-2(3)4/h2H,1H3. The molecule has 0 amide bonds. The molecular formula is H4Ge2I2. The summed E-state index contributed by atoms with van der Waals surface area (Å²) in [5, 5.41) is 0. The molecule has 0 spiro atoms. The van der Waals surface area contributed by atoms with Crippen LogP contribution in [-0.4, -0.2) is 20.3 Å². The van der Waals surface area contributed by atoms with Gasteiger partial charge in [-0.3, -0.25) is 0 Å². The van der Waals surface area contributed by atoms with Crippen LogP contribution in [0.2, 0.25) is 0 Å². The molecule has 0 aromatic heterocycles. The molecular weight excluding hydrogens is 399 g/mol. The third-order valence-corrected chi connectivity index (χ3v) is 0. The van der Waals surface area contributed by atoms with Gasteiger partial charge in [-0.05, 0) is 0 Å². The molecule has 26 valence electrons. The molecule has 0 fully saturated rings. The van der Waals surface area contributed by atoms with Crippen molar-refractivity contribution in [2.75, 3.05) is 0 Å². The zero-order valence-corrected chi connectivity index (χ0v) is 13.3. The van der Waals surface area contributed by atoms with Crippen LogP contribution in [0.15, 0.2) is 0 Å². The van der Waals surface area contributed by atoms with Crippen LogP contribution in [-0.2, 0) is 0 Å². The van der Waals surface area contributed by atoms with Crippen molar-refractivity contribution < 1.29 is 0 Å². The van der Waals surface area contributed by atoms with Gasteiger partial charge in [-0.2, -0.15) is 0 Å². The average molecular weight is 403 g/mol. The van der Waals surface area contributed by atoms with E-state index in [1.54, 1.807) is 0 Å². The topological polar surface area (TPSA) is 0 Å². The average Bonchev–Trinajstić information content (AvgIpc) is 0.811. The first-order valence-electron chi connectivity index (χ1n) is 1.01. The van der Waals surface area contributed by atoms with Gasteiger partial charge in [-0.1, -0.05) is 0 Å². The summed E-state index contributed by atoms with van der Waals surface area (Å²) in [5.74, 6) is -0.352. The van der Waals surface area contributed by atoms with Gasteiger partial charge in [0.2, 0.25) is 0 Å². The molecule has 0 aliphatic carbocycles. The summed E-state index contributed by atoms with van der Waals surface area (Å²) in [6.45, 7) is 0. The van der Waals surface area contributed by atoms with Gasteiger partial charge in [0.1, 0.15) is 0 Å². The van der Waals surface area contributed by atoms with Crippen molar-refractivity contribution in [3.8, 4) is 0 Å². The van der Waals surface area contributed by atoms with E-state index in [-0.39, 0.29) is 5.76 Å². The second-order valence-corrected chi connectivity index (χ2v) is 98.3. The Morgan fingerprint density at radius 2 is 1.50 bits per heavy atom. The second kappa shape index (κ2) is 3.73. The van der Waals surface area contributed by atoms with Crippen molar-refractivity contribution in [1.29, 1.82) is 0 Å². The molecule has 0 heterocycles. The van der Waals surface area contributed by atoms with Crippen molar-refractivity contribution in [1.82, 2.24) is 0 Å². The Hall–Kier alpha value is 2.55. The quantitative estimate of drug-likeness (QED) is 0.393. The molecule has 0 aromatic carbocycles. The maximum absolute atomic E-state index is 2.60. The summed E-state index contributed by atoms with van der Waals surface area (Å²) in [7, 11) is 0. The molecule has 0 radical (unpaired) electrons. The van der Waals surface area contributed by atoms with Crippen LogP contribution in [0.4, 0.5) is 0 Å². The SMILES string of the molecule is [GeH3][GeH]([I])[I]. The van der Waals surface area contributed by atoms with Gasteiger partial charge in [-0.15, -0.1) is 0 Å². The van der Waals surface area contributed by atoms with Crippen LogP contribution in [0.5, 0.6) is 0 Å². The summed E-state index contributed by atoms with van der Waals surface area (Å²) in [4.78, 5) is 0. The number of hydrogen-bond donors (Lipinski definition) is 0. The van der Waals surface area contributed by atoms with Gasteiger partial charge in [0.15, 0.2) is 0 Å². The summed E-state index contributed by atoms with van der Waals surface area (Å²) in [6.07, 6.45) is 0. The summed E-state index contributed by atoms with van der Waals surface area (Å²) >= 11 is 6.43. The second-order valence-electron chi connectivity index (χ2n) is 0.519. The molecule has 0 nitrogen and oxygen atoms in total. The van der Waals surface area contributed by atoms with E-state index < -0.39 is 0 Å². The summed E-state index contributed by atoms with van der Waals surface area (Å²) in [5.41, 5.74) is 0. The Morgan fingerprint density at radius 1 is 1.50 bits per heavy atom. The van der Waals surface area contributed by atoms with Crippen LogP contribution in [0.3, 0.4) is 0 Å². The van der Waals surface area contributed by atoms with E-state index in [0.717, 1.165) is 0 Å². The van der Waals surface area contributed by atoms with Crippen LogP contribution in [0.25, 0.3) is 0 Å². The van der Waals surface area contributed by atoms with Gasteiger partial charge in [0.25, 0.3) is 0 Å². The molecule has 0 rings (SSSR count). The molecule has 4 heteroatoms. The van der Waals surface area contributed by atoms with Gasteiger partial charge >= 0.3 is 60.7 Å². The predicted octanol–water partition coefficient (Wildman–Crippen LogP) is -0.0610. The van der Waals surface area contributed by atoms with Crippen molar-refractivity contribution in [3.05, 3.63) is 0 Å². The van der Waals surface area contributed by atoms with E-state index in [0.29, 0.717) is 0 Å². The predicted molar refractivity (Wildman–Crippen MR) is 45.1 cm³/mol. The van der Waals surface area contributed by atoms with E-state index in [1.807, 2.05) is 0 Å². The Balaban J connectivity index is 2.32. The Labute approximate surface area is 59.4 Å². The molecule has 0 aliphatic heterocycles. The summed E-state index contributed by atoms with van der Waals surface area (Å²) < 4.78 is 0. The third-order valence-electron chi connectivity index (χ3n) is 0. The molecule has 0 saturated carbocycles. The van der Waals surface area contributed by atoms with E-state index in [2.05, 4.69) is 40.4 Å². The monoisotopic (exact) mass is 406 g/mol. The first-order valence-corrected chi connectivity index (χ1v) is 30.8. The summed E-state index contributed by atoms with van der Waals surface area (Å²) in [6, 6.07) is 0. The first kappa shape index (κ1) is 6.55. The zero-order chi connectivity index (χ0) is 3.58. The molecule has 0 bridgehead atoms. The number of halogens is 2. The molecule has 0 aromatic rings. The first-order chi connectivity index (χ1) is 1.73. The van der Waals surface area contributed by atoms with Gasteiger partial charge < -0.3 is 0 Å². The van der Waals surface area contributed by atoms with E-state index in [4.69, 9.17) is 0 Å². The van der Waals surface area contributed by atoms with Crippen LogP contribution in [0, 0.1) is 0 Å². The van der Waals surface area contributed by atoms with Crippen molar-refractivity contribution >= 4 is 60.7 Å². The number of rotatable bonds is 0. The van der Waals surface area contributed by atoms with Gasteiger partial charge in [0.05, 0.1) is 0 Å². The van der Waals surface area contributed by atoms with Crippen LogP contribution in [0.1, 0.15) is 0 Å². The minimum atomic E-state index is -0.352. The fourth-order valence-corrected chi connectivity index (χ4v) is 0. The van der Waals surface area contributed by atoms with Gasteiger partial charge in [-0.25, -0.2) is 0 Å². The molecule has 4 heavy (non-hydrogen) atoms. The van der Waals surface area contributed by atoms with Gasteiger partial charge in [0, 0.05) is 0 Å². The van der Waals surface area contributed by atoms with E-state index in [1.165, 1.54) is 14.5 Å². The third kappa shape index (κ3) is 8.82. The van der Waals surface area contributed by atoms with Crippen LogP contribution >= 0.6 is 40.4 Å². The molecule has 0 unspecified atom stereocenters. The molecule has 0 atom stereocenters. The fraction of sp³-hybridized carbons (Fsp3) is 0. The molecule has 0 saturated heterocycles. The normalized spacial score (nSPS) is 9.75. The Bertz CT molecular complexity index is 8.75. The van der Waals surface area contributed by atoms with Crippen LogP contribution < -0.4 is 0 Å². The maximum atomic E-state index is 2.60. The van der Waals surface area contributed by atoms with E-state index >= 15 is 0 Å². The van der Waals surface area contributed by atoms with Crippen molar-refractivity contribution in [2.24, 2.45) is 0 Å². The van der Waals surface area contributed by atoms with Crippen molar-refractivity contribution in [3.63, 3.8) is 0 Å². The van der Waals surface area contributed by atoms with E-state index in [9.17, 15) is 0 Å². The zero-order valence-electron chi connectivity index (χ0n) is 2.33. The minimum absolute atomic E-state index is 0.352. The molecule has 0 aliphatic rings. The van der Waals surface area contributed by atoms with Crippen molar-refractivity contribution in [2.45, 2.75) is 0 Å².